The van der Waals surface area contributed by atoms with E-state index in [4.69, 9.17) is 10.8 Å². The van der Waals surface area contributed by atoms with E-state index in [9.17, 15) is 0 Å². The van der Waals surface area contributed by atoms with Gasteiger partial charge in [-0.3, -0.25) is 9.80 Å². The zero-order valence-electron chi connectivity index (χ0n) is 12.0. The lowest BCUT2D eigenvalue weighted by Crippen LogP contribution is -2.32. The summed E-state index contributed by atoms with van der Waals surface area (Å²) in [5.74, 6) is 1.38. The smallest absolute Gasteiger partial charge is 0.146 e. The molecule has 0 saturated carbocycles. The maximum atomic E-state index is 9.03. The van der Waals surface area contributed by atoms with Gasteiger partial charge in [0.05, 0.1) is 18.5 Å². The van der Waals surface area contributed by atoms with Crippen LogP contribution in [0.1, 0.15) is 12.2 Å². The molecule has 1 aliphatic rings. The average Bonchev–Trinajstić information content (AvgIpc) is 2.83. The molecule has 3 rings (SSSR count). The van der Waals surface area contributed by atoms with Crippen LogP contribution in [0.15, 0.2) is 11.4 Å². The summed E-state index contributed by atoms with van der Waals surface area (Å²) in [4.78, 5) is 14.7. The molecule has 3 heterocycles. The van der Waals surface area contributed by atoms with E-state index in [0.29, 0.717) is 5.82 Å². The predicted octanol–water partition coefficient (Wildman–Crippen LogP) is 0.773. The highest BCUT2D eigenvalue weighted by molar-refractivity contribution is 7.16. The Morgan fingerprint density at radius 1 is 1.19 bits per heavy atom. The quantitative estimate of drug-likeness (QED) is 0.869. The number of nitrogen functional groups attached to an aromatic ring is 1. The third-order valence-electron chi connectivity index (χ3n) is 3.86. The number of aliphatic hydroxyl groups excluding tert-OH is 1. The van der Waals surface area contributed by atoms with Crippen molar-refractivity contribution in [2.75, 3.05) is 45.1 Å². The van der Waals surface area contributed by atoms with Crippen molar-refractivity contribution in [2.24, 2.45) is 0 Å². The molecule has 7 heteroatoms. The highest BCUT2D eigenvalue weighted by Gasteiger charge is 2.16. The lowest BCUT2D eigenvalue weighted by atomic mass is 10.3. The van der Waals surface area contributed by atoms with E-state index < -0.39 is 0 Å². The molecule has 0 radical (unpaired) electrons. The van der Waals surface area contributed by atoms with Gasteiger partial charge in [-0.1, -0.05) is 0 Å². The van der Waals surface area contributed by atoms with Crippen LogP contribution in [-0.2, 0) is 6.54 Å². The Labute approximate surface area is 128 Å². The van der Waals surface area contributed by atoms with E-state index in [2.05, 4.69) is 19.8 Å². The van der Waals surface area contributed by atoms with Crippen LogP contribution in [0.25, 0.3) is 10.2 Å². The molecule has 1 fully saturated rings. The van der Waals surface area contributed by atoms with Crippen molar-refractivity contribution < 1.29 is 5.11 Å². The molecule has 0 bridgehead atoms. The van der Waals surface area contributed by atoms with Crippen LogP contribution in [0, 0.1) is 0 Å². The molecule has 6 nitrogen and oxygen atoms in total. The topological polar surface area (TPSA) is 78.5 Å². The molecule has 0 aromatic carbocycles. The van der Waals surface area contributed by atoms with E-state index in [1.165, 1.54) is 0 Å². The van der Waals surface area contributed by atoms with Crippen molar-refractivity contribution in [1.29, 1.82) is 0 Å². The summed E-state index contributed by atoms with van der Waals surface area (Å²) in [5.41, 5.74) is 6.00. The largest absolute Gasteiger partial charge is 0.395 e. The van der Waals surface area contributed by atoms with Crippen LogP contribution in [0.4, 0.5) is 5.82 Å². The van der Waals surface area contributed by atoms with Crippen molar-refractivity contribution in [3.63, 3.8) is 0 Å². The van der Waals surface area contributed by atoms with Crippen molar-refractivity contribution in [3.05, 3.63) is 17.3 Å². The van der Waals surface area contributed by atoms with Gasteiger partial charge >= 0.3 is 0 Å². The van der Waals surface area contributed by atoms with Crippen LogP contribution in [0.2, 0.25) is 0 Å². The molecule has 0 aliphatic carbocycles. The molecule has 3 N–H and O–H groups in total. The highest BCUT2D eigenvalue weighted by Crippen LogP contribution is 2.23. The van der Waals surface area contributed by atoms with Gasteiger partial charge in [0, 0.05) is 19.6 Å². The fourth-order valence-corrected chi connectivity index (χ4v) is 3.53. The second-order valence-corrected chi connectivity index (χ2v) is 6.25. The Bertz CT molecular complexity index is 602. The van der Waals surface area contributed by atoms with Gasteiger partial charge < -0.3 is 10.8 Å². The maximum Gasteiger partial charge on any atom is 0.146 e. The molecule has 0 amide bonds. The van der Waals surface area contributed by atoms with Gasteiger partial charge in [0.15, 0.2) is 0 Å². The first-order valence-corrected chi connectivity index (χ1v) is 8.19. The summed E-state index contributed by atoms with van der Waals surface area (Å²) >= 11 is 1.60. The van der Waals surface area contributed by atoms with Crippen LogP contribution in [0.5, 0.6) is 0 Å². The number of fused-ring (bicyclic) bond motifs is 1. The number of nitrogens with two attached hydrogens (primary N) is 1. The van der Waals surface area contributed by atoms with E-state index >= 15 is 0 Å². The van der Waals surface area contributed by atoms with Gasteiger partial charge in [-0.05, 0) is 31.0 Å². The monoisotopic (exact) mass is 307 g/mol. The van der Waals surface area contributed by atoms with Gasteiger partial charge in [-0.25, -0.2) is 9.97 Å². The Morgan fingerprint density at radius 3 is 2.86 bits per heavy atom. The Balaban J connectivity index is 1.67. The molecule has 0 unspecified atom stereocenters. The van der Waals surface area contributed by atoms with E-state index in [1.807, 2.05) is 11.4 Å². The van der Waals surface area contributed by atoms with Crippen molar-refractivity contribution in [3.8, 4) is 0 Å². The summed E-state index contributed by atoms with van der Waals surface area (Å²) in [5, 5.41) is 12.0. The van der Waals surface area contributed by atoms with Crippen molar-refractivity contribution >= 4 is 27.4 Å². The highest BCUT2D eigenvalue weighted by atomic mass is 32.1. The van der Waals surface area contributed by atoms with Crippen LogP contribution >= 0.6 is 11.3 Å². The van der Waals surface area contributed by atoms with Crippen molar-refractivity contribution in [1.82, 2.24) is 19.8 Å². The number of nitrogens with zero attached hydrogens (tertiary/aromatic N) is 4. The maximum absolute atomic E-state index is 9.03. The zero-order chi connectivity index (χ0) is 14.7. The second kappa shape index (κ2) is 6.65. The number of aliphatic hydroxyl groups is 1. The predicted molar refractivity (Wildman–Crippen MR) is 85.2 cm³/mol. The van der Waals surface area contributed by atoms with Gasteiger partial charge in [-0.2, -0.15) is 0 Å². The lowest BCUT2D eigenvalue weighted by Gasteiger charge is -2.20. The molecule has 1 aliphatic heterocycles. The number of aromatic nitrogens is 2. The number of hydrogen-bond acceptors (Lipinski definition) is 7. The number of anilines is 1. The normalized spacial score (nSPS) is 18.1. The summed E-state index contributed by atoms with van der Waals surface area (Å²) in [6, 6.07) is 1.97. The fourth-order valence-electron chi connectivity index (χ4n) is 2.74. The summed E-state index contributed by atoms with van der Waals surface area (Å²) in [6.45, 7) is 5.78. The minimum atomic E-state index is 0.231. The van der Waals surface area contributed by atoms with E-state index in [1.54, 1.807) is 11.3 Å². The molecular formula is C14H21N5OS. The summed E-state index contributed by atoms with van der Waals surface area (Å²) < 4.78 is 0. The minimum Gasteiger partial charge on any atom is -0.395 e. The molecule has 1 saturated heterocycles. The molecule has 2 aromatic heterocycles. The first-order valence-electron chi connectivity index (χ1n) is 7.31. The van der Waals surface area contributed by atoms with E-state index in [-0.39, 0.29) is 6.61 Å². The third-order valence-corrected chi connectivity index (χ3v) is 4.67. The minimum absolute atomic E-state index is 0.231. The first-order chi connectivity index (χ1) is 10.3. The van der Waals surface area contributed by atoms with Gasteiger partial charge in [0.1, 0.15) is 16.5 Å². The number of hydrogen-bond donors (Lipinski definition) is 2. The zero-order valence-corrected chi connectivity index (χ0v) is 12.8. The number of thiophene rings is 1. The third kappa shape index (κ3) is 3.49. The molecule has 2 aromatic rings. The van der Waals surface area contributed by atoms with Gasteiger partial charge in [-0.15, -0.1) is 11.3 Å². The molecule has 0 atom stereocenters. The summed E-state index contributed by atoms with van der Waals surface area (Å²) in [7, 11) is 0. The number of rotatable bonds is 4. The first kappa shape index (κ1) is 14.6. The van der Waals surface area contributed by atoms with Gasteiger partial charge in [0.25, 0.3) is 0 Å². The second-order valence-electron chi connectivity index (χ2n) is 5.36. The Kier molecular flexibility index (Phi) is 4.64. The molecular weight excluding hydrogens is 286 g/mol. The standard InChI is InChI=1S/C14H21N5OS/c15-13-11-2-9-21-14(11)17-12(16-13)10-19-4-1-3-18(5-6-19)7-8-20/h2,9,20H,1,3-8,10H2,(H2,15,16,17). The molecule has 21 heavy (non-hydrogen) atoms. The lowest BCUT2D eigenvalue weighted by molar-refractivity contribution is 0.195. The summed E-state index contributed by atoms with van der Waals surface area (Å²) in [6.07, 6.45) is 1.11. The average molecular weight is 307 g/mol. The fraction of sp³-hybridized carbons (Fsp3) is 0.571. The van der Waals surface area contributed by atoms with Gasteiger partial charge in [0.2, 0.25) is 0 Å². The van der Waals surface area contributed by atoms with Crippen LogP contribution < -0.4 is 5.73 Å². The molecule has 0 spiro atoms. The Hall–Kier alpha value is -1.28. The van der Waals surface area contributed by atoms with Crippen molar-refractivity contribution in [2.45, 2.75) is 13.0 Å². The number of β-amino-alcohol motifs (C(OH)–C–C–N with tert-alkyl or cyclic N) is 1. The van der Waals surface area contributed by atoms with Crippen LogP contribution in [0.3, 0.4) is 0 Å². The van der Waals surface area contributed by atoms with E-state index in [0.717, 1.165) is 61.7 Å². The Morgan fingerprint density at radius 2 is 2.00 bits per heavy atom. The SMILES string of the molecule is Nc1nc(CN2CCCN(CCO)CC2)nc2sccc12. The van der Waals surface area contributed by atoms with Crippen LogP contribution in [-0.4, -0.2) is 64.2 Å². The molecule has 114 valence electrons.